The zero-order chi connectivity index (χ0) is 18.2. The largest absolute Gasteiger partial charge is 0.504 e. The molecule has 0 bridgehead atoms. The highest BCUT2D eigenvalue weighted by Crippen LogP contribution is 2.29. The molecule has 0 amide bonds. The maximum Gasteiger partial charge on any atom is 0.191 e. The van der Waals surface area contributed by atoms with Crippen LogP contribution in [-0.4, -0.2) is 24.7 Å². The van der Waals surface area contributed by atoms with Gasteiger partial charge in [0.1, 0.15) is 5.82 Å². The summed E-state index contributed by atoms with van der Waals surface area (Å²) in [7, 11) is 1.52. The molecule has 0 saturated heterocycles. The fraction of sp³-hybridized carbons (Fsp3) is 0.316. The molecule has 0 aliphatic heterocycles. The van der Waals surface area contributed by atoms with Gasteiger partial charge in [-0.25, -0.2) is 9.38 Å². The number of aryl methyl sites for hydroxylation is 1. The van der Waals surface area contributed by atoms with Gasteiger partial charge in [-0.3, -0.25) is 0 Å². The van der Waals surface area contributed by atoms with Crippen LogP contribution in [0.3, 0.4) is 0 Å². The highest BCUT2D eigenvalue weighted by atomic mass is 19.1. The number of phenols is 1. The monoisotopic (exact) mass is 345 g/mol. The Labute approximate surface area is 147 Å². The van der Waals surface area contributed by atoms with Crippen molar-refractivity contribution in [1.82, 2.24) is 10.6 Å². The summed E-state index contributed by atoms with van der Waals surface area (Å²) in [6.45, 7) is 5.25. The Bertz CT molecular complexity index is 747. The van der Waals surface area contributed by atoms with Gasteiger partial charge in [0.25, 0.3) is 0 Å². The number of nitrogens with zero attached hydrogens (tertiary/aromatic N) is 1. The van der Waals surface area contributed by atoms with Crippen molar-refractivity contribution in [2.24, 2.45) is 4.99 Å². The van der Waals surface area contributed by atoms with Gasteiger partial charge in [0.15, 0.2) is 17.5 Å². The van der Waals surface area contributed by atoms with Crippen LogP contribution in [-0.2, 0) is 13.1 Å². The Hall–Kier alpha value is -2.76. The molecule has 0 heterocycles. The van der Waals surface area contributed by atoms with Crippen LogP contribution in [0, 0.1) is 12.7 Å². The van der Waals surface area contributed by atoms with Crippen molar-refractivity contribution in [2.75, 3.05) is 13.7 Å². The molecule has 2 rings (SSSR count). The maximum atomic E-state index is 13.3. The van der Waals surface area contributed by atoms with Gasteiger partial charge in [-0.1, -0.05) is 24.3 Å². The molecule has 134 valence electrons. The van der Waals surface area contributed by atoms with Crippen molar-refractivity contribution in [3.63, 3.8) is 0 Å². The van der Waals surface area contributed by atoms with Crippen LogP contribution in [0.5, 0.6) is 11.5 Å². The van der Waals surface area contributed by atoms with Gasteiger partial charge in [0, 0.05) is 18.7 Å². The molecule has 0 spiro atoms. The number of benzene rings is 2. The van der Waals surface area contributed by atoms with Gasteiger partial charge in [-0.2, -0.15) is 0 Å². The fourth-order valence-electron chi connectivity index (χ4n) is 2.37. The lowest BCUT2D eigenvalue weighted by Gasteiger charge is -2.13. The fourth-order valence-corrected chi connectivity index (χ4v) is 2.37. The number of guanidine groups is 1. The van der Waals surface area contributed by atoms with Gasteiger partial charge >= 0.3 is 0 Å². The number of methoxy groups -OCH3 is 1. The molecular weight excluding hydrogens is 321 g/mol. The third-order valence-electron chi connectivity index (χ3n) is 3.74. The Kier molecular flexibility index (Phi) is 6.62. The van der Waals surface area contributed by atoms with Crippen LogP contribution in [0.2, 0.25) is 0 Å². The van der Waals surface area contributed by atoms with Crippen LogP contribution in [0.15, 0.2) is 41.4 Å². The molecule has 0 saturated carbocycles. The topological polar surface area (TPSA) is 65.9 Å². The van der Waals surface area contributed by atoms with E-state index in [0.29, 0.717) is 42.5 Å². The van der Waals surface area contributed by atoms with Crippen molar-refractivity contribution >= 4 is 5.96 Å². The van der Waals surface area contributed by atoms with E-state index in [0.717, 1.165) is 5.56 Å². The van der Waals surface area contributed by atoms with E-state index in [1.165, 1.54) is 13.2 Å². The summed E-state index contributed by atoms with van der Waals surface area (Å²) in [5.74, 6) is 0.948. The molecule has 6 heteroatoms. The molecule has 0 aromatic heterocycles. The van der Waals surface area contributed by atoms with E-state index >= 15 is 0 Å². The second-order valence-corrected chi connectivity index (χ2v) is 5.60. The van der Waals surface area contributed by atoms with Gasteiger partial charge in [-0.05, 0) is 37.1 Å². The summed E-state index contributed by atoms with van der Waals surface area (Å²) >= 11 is 0. The summed E-state index contributed by atoms with van der Waals surface area (Å²) in [5.41, 5.74) is 2.25. The summed E-state index contributed by atoms with van der Waals surface area (Å²) in [6.07, 6.45) is 0. The number of aromatic hydroxyl groups is 1. The molecule has 0 unspecified atom stereocenters. The Morgan fingerprint density at radius 3 is 2.72 bits per heavy atom. The Morgan fingerprint density at radius 1 is 1.24 bits per heavy atom. The number of aliphatic imine (C=N–C) groups is 1. The lowest BCUT2D eigenvalue weighted by molar-refractivity contribution is 0.370. The first-order valence-electron chi connectivity index (χ1n) is 8.17. The molecule has 0 radical (unpaired) electrons. The summed E-state index contributed by atoms with van der Waals surface area (Å²) in [5, 5.41) is 16.5. The first kappa shape index (κ1) is 18.6. The lowest BCUT2D eigenvalue weighted by atomic mass is 10.1. The van der Waals surface area contributed by atoms with E-state index in [-0.39, 0.29) is 11.6 Å². The zero-order valence-corrected chi connectivity index (χ0v) is 14.8. The second kappa shape index (κ2) is 8.92. The highest BCUT2D eigenvalue weighted by molar-refractivity contribution is 5.79. The number of nitrogens with one attached hydrogen (secondary N) is 2. The van der Waals surface area contributed by atoms with E-state index < -0.39 is 0 Å². The maximum absolute atomic E-state index is 13.3. The molecule has 0 atom stereocenters. The quantitative estimate of drug-likeness (QED) is 0.556. The molecule has 5 nitrogen and oxygen atoms in total. The van der Waals surface area contributed by atoms with Crippen LogP contribution in [0.25, 0.3) is 0 Å². The van der Waals surface area contributed by atoms with Gasteiger partial charge in [0.05, 0.1) is 13.7 Å². The minimum absolute atomic E-state index is 0.113. The van der Waals surface area contributed by atoms with Crippen LogP contribution in [0.4, 0.5) is 4.39 Å². The SMILES string of the molecule is CCNC(=NCc1ccc(F)c(C)c1)NCc1cccc(OC)c1O. The number of hydrogen-bond donors (Lipinski definition) is 3. The average molecular weight is 345 g/mol. The number of rotatable bonds is 6. The van der Waals surface area contributed by atoms with Crippen molar-refractivity contribution in [3.05, 3.63) is 58.9 Å². The summed E-state index contributed by atoms with van der Waals surface area (Å²) < 4.78 is 18.4. The molecule has 0 fully saturated rings. The standard InChI is InChI=1S/C19H24FN3O2/c1-4-21-19(22-11-14-8-9-16(20)13(2)10-14)23-12-15-6-5-7-17(25-3)18(15)24/h5-10,24H,4,11-12H2,1-3H3,(H2,21,22,23). The molecule has 0 aliphatic carbocycles. The first-order chi connectivity index (χ1) is 12.0. The van der Waals surface area contributed by atoms with Crippen LogP contribution < -0.4 is 15.4 Å². The molecule has 3 N–H and O–H groups in total. The van der Waals surface area contributed by atoms with Crippen molar-refractivity contribution in [2.45, 2.75) is 26.9 Å². The normalized spacial score (nSPS) is 11.3. The minimum Gasteiger partial charge on any atom is -0.504 e. The zero-order valence-electron chi connectivity index (χ0n) is 14.8. The molecule has 2 aromatic rings. The van der Waals surface area contributed by atoms with Gasteiger partial charge < -0.3 is 20.5 Å². The molecule has 0 aliphatic rings. The highest BCUT2D eigenvalue weighted by Gasteiger charge is 2.08. The molecule has 2 aromatic carbocycles. The molecule has 25 heavy (non-hydrogen) atoms. The summed E-state index contributed by atoms with van der Waals surface area (Å²) in [4.78, 5) is 4.50. The Morgan fingerprint density at radius 2 is 2.04 bits per heavy atom. The van der Waals surface area contributed by atoms with E-state index in [1.54, 1.807) is 25.1 Å². The third kappa shape index (κ3) is 5.11. The first-order valence-corrected chi connectivity index (χ1v) is 8.17. The van der Waals surface area contributed by atoms with Gasteiger partial charge in [0.2, 0.25) is 0 Å². The Balaban J connectivity index is 2.06. The predicted octanol–water partition coefficient (Wildman–Crippen LogP) is 3.10. The second-order valence-electron chi connectivity index (χ2n) is 5.60. The van der Waals surface area contributed by atoms with Crippen molar-refractivity contribution < 1.29 is 14.2 Å². The van der Waals surface area contributed by atoms with Crippen LogP contribution >= 0.6 is 0 Å². The van der Waals surface area contributed by atoms with E-state index in [2.05, 4.69) is 15.6 Å². The minimum atomic E-state index is -0.216. The van der Waals surface area contributed by atoms with E-state index in [9.17, 15) is 9.50 Å². The van der Waals surface area contributed by atoms with Crippen LogP contribution in [0.1, 0.15) is 23.6 Å². The third-order valence-corrected chi connectivity index (χ3v) is 3.74. The number of hydrogen-bond acceptors (Lipinski definition) is 3. The molecular formula is C19H24FN3O2. The lowest BCUT2D eigenvalue weighted by Crippen LogP contribution is -2.36. The number of halogens is 1. The summed E-state index contributed by atoms with van der Waals surface area (Å²) in [6, 6.07) is 10.3. The predicted molar refractivity (Wildman–Crippen MR) is 97.5 cm³/mol. The van der Waals surface area contributed by atoms with Crippen molar-refractivity contribution in [3.8, 4) is 11.5 Å². The number of para-hydroxylation sites is 1. The number of phenolic OH excluding ortho intramolecular Hbond substituents is 1. The van der Waals surface area contributed by atoms with E-state index in [1.807, 2.05) is 19.1 Å². The number of ether oxygens (including phenoxy) is 1. The van der Waals surface area contributed by atoms with Gasteiger partial charge in [-0.15, -0.1) is 0 Å². The average Bonchev–Trinajstić information content (AvgIpc) is 2.61. The van der Waals surface area contributed by atoms with Crippen molar-refractivity contribution in [1.29, 1.82) is 0 Å². The smallest absolute Gasteiger partial charge is 0.191 e. The van der Waals surface area contributed by atoms with E-state index in [4.69, 9.17) is 4.74 Å².